The van der Waals surface area contributed by atoms with Crippen LogP contribution in [0.3, 0.4) is 0 Å². The van der Waals surface area contributed by atoms with Gasteiger partial charge >= 0.3 is 12.1 Å². The topological polar surface area (TPSA) is 72.8 Å². The summed E-state index contributed by atoms with van der Waals surface area (Å²) < 4.78 is 8.59. The zero-order chi connectivity index (χ0) is 12.1. The summed E-state index contributed by atoms with van der Waals surface area (Å²) in [6, 6.07) is 6.07. The molecule has 5 nitrogen and oxygen atoms in total. The van der Waals surface area contributed by atoms with Crippen molar-refractivity contribution in [3.05, 3.63) is 29.8 Å². The van der Waals surface area contributed by atoms with Crippen LogP contribution in [-0.4, -0.2) is 24.3 Å². The van der Waals surface area contributed by atoms with Crippen LogP contribution in [0.2, 0.25) is 0 Å². The Morgan fingerprint density at radius 1 is 1.25 bits per heavy atom. The Morgan fingerprint density at radius 3 is 2.31 bits per heavy atom. The molecular formula is C11H12O5. The van der Waals surface area contributed by atoms with Crippen molar-refractivity contribution in [3.8, 4) is 5.75 Å². The molecule has 1 rings (SSSR count). The molecule has 0 unspecified atom stereocenters. The number of ether oxygens (including phenoxy) is 2. The molecule has 1 aromatic carbocycles. The van der Waals surface area contributed by atoms with E-state index in [1.54, 1.807) is 19.1 Å². The van der Waals surface area contributed by atoms with Crippen molar-refractivity contribution in [2.24, 2.45) is 0 Å². The first kappa shape index (κ1) is 12.0. The maximum atomic E-state index is 11.4. The number of benzene rings is 1. The van der Waals surface area contributed by atoms with Gasteiger partial charge in [0.15, 0.2) is 0 Å². The fraction of sp³-hybridized carbons (Fsp3) is 0.273. The number of hydrogen-bond donors (Lipinski definition) is 1. The normalized spacial score (nSPS) is 11.6. The van der Waals surface area contributed by atoms with Crippen LogP contribution in [-0.2, 0) is 14.3 Å². The zero-order valence-corrected chi connectivity index (χ0v) is 8.97. The van der Waals surface area contributed by atoms with Crippen LogP contribution in [0.15, 0.2) is 24.3 Å². The molecule has 0 fully saturated rings. The van der Waals surface area contributed by atoms with E-state index in [0.717, 1.165) is 7.11 Å². The molecule has 0 radical (unpaired) electrons. The first-order valence-corrected chi connectivity index (χ1v) is 4.63. The third-order valence-corrected chi connectivity index (χ3v) is 2.10. The summed E-state index contributed by atoms with van der Waals surface area (Å²) in [4.78, 5) is 22.1. The van der Waals surface area contributed by atoms with Gasteiger partial charge in [0, 0.05) is 0 Å². The van der Waals surface area contributed by atoms with Gasteiger partial charge < -0.3 is 14.6 Å². The summed E-state index contributed by atoms with van der Waals surface area (Å²) in [6.45, 7) is 1.59. The third kappa shape index (κ3) is 2.98. The molecule has 5 heteroatoms. The Morgan fingerprint density at radius 2 is 1.81 bits per heavy atom. The number of phenolic OH excluding ortho intramolecular Hbond substituents is 1. The molecule has 0 aliphatic carbocycles. The van der Waals surface area contributed by atoms with Gasteiger partial charge in [0.2, 0.25) is 0 Å². The molecule has 0 aliphatic heterocycles. The largest absolute Gasteiger partial charge is 0.515 e. The van der Waals surface area contributed by atoms with Crippen LogP contribution in [0.25, 0.3) is 0 Å². The highest BCUT2D eigenvalue weighted by atomic mass is 16.7. The van der Waals surface area contributed by atoms with Crippen molar-refractivity contribution in [1.29, 1.82) is 0 Å². The van der Waals surface area contributed by atoms with Crippen LogP contribution in [0.5, 0.6) is 5.75 Å². The van der Waals surface area contributed by atoms with Crippen LogP contribution < -0.4 is 0 Å². The molecule has 0 spiro atoms. The Labute approximate surface area is 92.6 Å². The number of methoxy groups -OCH3 is 1. The second kappa shape index (κ2) is 5.16. The summed E-state index contributed by atoms with van der Waals surface area (Å²) in [5, 5.41) is 9.07. The fourth-order valence-corrected chi connectivity index (χ4v) is 1.11. The van der Waals surface area contributed by atoms with Crippen LogP contribution in [0.1, 0.15) is 18.4 Å². The number of carbonyl (C=O) groups is 2. The Balaban J connectivity index is 2.70. The van der Waals surface area contributed by atoms with E-state index in [1.807, 2.05) is 0 Å². The maximum absolute atomic E-state index is 11.4. The van der Waals surface area contributed by atoms with Gasteiger partial charge in [0.1, 0.15) is 5.75 Å². The van der Waals surface area contributed by atoms with E-state index in [-0.39, 0.29) is 5.75 Å². The highest BCUT2D eigenvalue weighted by molar-refractivity contribution is 5.86. The van der Waals surface area contributed by atoms with Crippen molar-refractivity contribution in [2.45, 2.75) is 12.8 Å². The van der Waals surface area contributed by atoms with Crippen molar-refractivity contribution in [3.63, 3.8) is 0 Å². The first-order valence-electron chi connectivity index (χ1n) is 4.63. The maximum Gasteiger partial charge on any atom is 0.515 e. The average molecular weight is 224 g/mol. The van der Waals surface area contributed by atoms with Crippen LogP contribution >= 0.6 is 0 Å². The Bertz CT molecular complexity index is 382. The summed E-state index contributed by atoms with van der Waals surface area (Å²) in [5.41, 5.74) is 0.645. The molecule has 16 heavy (non-hydrogen) atoms. The van der Waals surface area contributed by atoms with Gasteiger partial charge in [0.25, 0.3) is 0 Å². The summed E-state index contributed by atoms with van der Waals surface area (Å²) >= 11 is 0. The minimum atomic E-state index is -1.03. The van der Waals surface area contributed by atoms with Crippen LogP contribution in [0.4, 0.5) is 4.79 Å². The molecule has 86 valence electrons. The minimum absolute atomic E-state index is 0.109. The minimum Gasteiger partial charge on any atom is -0.508 e. The lowest BCUT2D eigenvalue weighted by Crippen LogP contribution is -2.17. The van der Waals surface area contributed by atoms with E-state index in [0.29, 0.717) is 5.56 Å². The lowest BCUT2D eigenvalue weighted by molar-refractivity contribution is -0.140. The number of aromatic hydroxyl groups is 1. The second-order valence-corrected chi connectivity index (χ2v) is 3.19. The highest BCUT2D eigenvalue weighted by Crippen LogP contribution is 2.19. The molecule has 1 N–H and O–H groups in total. The van der Waals surface area contributed by atoms with Crippen molar-refractivity contribution in [2.75, 3.05) is 7.11 Å². The smallest absolute Gasteiger partial charge is 0.508 e. The molecule has 0 aromatic heterocycles. The molecule has 1 atom stereocenters. The van der Waals surface area contributed by atoms with E-state index in [4.69, 9.17) is 5.11 Å². The van der Waals surface area contributed by atoms with Crippen molar-refractivity contribution >= 4 is 12.1 Å². The van der Waals surface area contributed by atoms with Gasteiger partial charge in [-0.15, -0.1) is 0 Å². The summed E-state index contributed by atoms with van der Waals surface area (Å²) in [5.74, 6) is -1.19. The lowest BCUT2D eigenvalue weighted by Gasteiger charge is -2.09. The molecule has 0 saturated heterocycles. The molecule has 0 aliphatic rings. The monoisotopic (exact) mass is 224 g/mol. The number of esters is 1. The quantitative estimate of drug-likeness (QED) is 0.612. The number of phenols is 1. The highest BCUT2D eigenvalue weighted by Gasteiger charge is 2.20. The predicted octanol–water partition coefficient (Wildman–Crippen LogP) is 1.81. The van der Waals surface area contributed by atoms with E-state index < -0.39 is 18.0 Å². The molecule has 1 aromatic rings. The number of rotatable bonds is 2. The van der Waals surface area contributed by atoms with E-state index in [2.05, 4.69) is 9.47 Å². The predicted molar refractivity (Wildman–Crippen MR) is 55.0 cm³/mol. The average Bonchev–Trinajstić information content (AvgIpc) is 2.28. The van der Waals surface area contributed by atoms with Gasteiger partial charge in [-0.2, -0.15) is 0 Å². The lowest BCUT2D eigenvalue weighted by atomic mass is 10.0. The molecular weight excluding hydrogens is 212 g/mol. The molecule has 0 amide bonds. The Kier molecular flexibility index (Phi) is 3.88. The first-order chi connectivity index (χ1) is 7.54. The van der Waals surface area contributed by atoms with Gasteiger partial charge in [-0.1, -0.05) is 12.1 Å². The summed E-state index contributed by atoms with van der Waals surface area (Å²) in [6.07, 6.45) is -1.03. The number of hydrogen-bond acceptors (Lipinski definition) is 5. The molecule has 0 heterocycles. The van der Waals surface area contributed by atoms with Crippen molar-refractivity contribution < 1.29 is 24.2 Å². The second-order valence-electron chi connectivity index (χ2n) is 3.19. The van der Waals surface area contributed by atoms with E-state index >= 15 is 0 Å². The third-order valence-electron chi connectivity index (χ3n) is 2.10. The van der Waals surface area contributed by atoms with Gasteiger partial charge in [-0.25, -0.2) is 4.79 Å². The van der Waals surface area contributed by atoms with E-state index in [1.165, 1.54) is 12.1 Å². The van der Waals surface area contributed by atoms with Gasteiger partial charge in [0.05, 0.1) is 13.0 Å². The summed E-state index contributed by atoms with van der Waals surface area (Å²) in [7, 11) is 1.13. The van der Waals surface area contributed by atoms with Gasteiger partial charge in [-0.3, -0.25) is 4.79 Å². The van der Waals surface area contributed by atoms with E-state index in [9.17, 15) is 9.59 Å². The number of carbonyl (C=O) groups excluding carboxylic acids is 2. The standard InChI is InChI=1S/C11H12O5/c1-7(10(13)16-11(14)15-2)8-3-5-9(12)6-4-8/h3-7,12H,1-2H3/t7-/m0/s1. The zero-order valence-electron chi connectivity index (χ0n) is 8.97. The van der Waals surface area contributed by atoms with Crippen LogP contribution in [0, 0.1) is 0 Å². The Hall–Kier alpha value is -2.04. The molecule has 0 bridgehead atoms. The SMILES string of the molecule is COC(=O)OC(=O)[C@@H](C)c1ccc(O)cc1. The van der Waals surface area contributed by atoms with Crippen molar-refractivity contribution in [1.82, 2.24) is 0 Å². The molecule has 0 saturated carbocycles. The fourth-order valence-electron chi connectivity index (χ4n) is 1.11. The van der Waals surface area contributed by atoms with Gasteiger partial charge in [-0.05, 0) is 24.6 Å².